The Morgan fingerprint density at radius 3 is 2.68 bits per heavy atom. The van der Waals surface area contributed by atoms with Crippen molar-refractivity contribution in [2.24, 2.45) is 0 Å². The number of nitrogens with zero attached hydrogens (tertiary/aromatic N) is 4. The van der Waals surface area contributed by atoms with Gasteiger partial charge in [0, 0.05) is 30.3 Å². The molecular weight excluding hydrogens is 300 g/mol. The second kappa shape index (κ2) is 6.31. The summed E-state index contributed by atoms with van der Waals surface area (Å²) in [6.07, 6.45) is 4.22. The van der Waals surface area contributed by atoms with Gasteiger partial charge in [-0.1, -0.05) is 30.0 Å². The van der Waals surface area contributed by atoms with E-state index in [0.29, 0.717) is 18.2 Å². The third-order valence-corrected chi connectivity index (χ3v) is 4.55. The van der Waals surface area contributed by atoms with Crippen LogP contribution >= 0.6 is 11.8 Å². The zero-order valence-electron chi connectivity index (χ0n) is 12.0. The second-order valence-corrected chi connectivity index (χ2v) is 6.17. The largest absolute Gasteiger partial charge is 0.302 e. The van der Waals surface area contributed by atoms with Crippen LogP contribution in [-0.4, -0.2) is 19.7 Å². The molecule has 0 bridgehead atoms. The van der Waals surface area contributed by atoms with Gasteiger partial charge in [-0.2, -0.15) is 0 Å². The van der Waals surface area contributed by atoms with Crippen LogP contribution in [0.2, 0.25) is 0 Å². The van der Waals surface area contributed by atoms with Gasteiger partial charge in [0.15, 0.2) is 5.16 Å². The molecule has 1 aromatic carbocycles. The van der Waals surface area contributed by atoms with E-state index in [2.05, 4.69) is 21.3 Å². The number of non-ortho nitro benzene ring substituents is 1. The number of nitro groups is 1. The van der Waals surface area contributed by atoms with Gasteiger partial charge in [0.25, 0.3) is 5.69 Å². The number of aromatic nitrogens is 3. The molecule has 0 spiro atoms. The fourth-order valence-corrected chi connectivity index (χ4v) is 3.12. The van der Waals surface area contributed by atoms with Crippen LogP contribution in [0.25, 0.3) is 0 Å². The lowest BCUT2D eigenvalue weighted by atomic mass is 10.2. The molecule has 6 nitrogen and oxygen atoms in total. The Morgan fingerprint density at radius 1 is 1.36 bits per heavy atom. The average Bonchev–Trinajstić information content (AvgIpc) is 3.29. The van der Waals surface area contributed by atoms with E-state index in [1.54, 1.807) is 23.9 Å². The standard InChI is InChI=1S/C15H16N4O2S/c1-2-9-18-14(12-5-6-12)16-17-15(18)22-10-11-3-7-13(8-4-11)19(20)21/h2-4,7-8,12H,1,5-6,9-10H2. The van der Waals surface area contributed by atoms with Gasteiger partial charge in [-0.05, 0) is 18.4 Å². The molecule has 0 saturated heterocycles. The van der Waals surface area contributed by atoms with E-state index in [1.165, 1.54) is 25.0 Å². The molecular formula is C15H16N4O2S. The summed E-state index contributed by atoms with van der Waals surface area (Å²) < 4.78 is 2.11. The van der Waals surface area contributed by atoms with Crippen molar-refractivity contribution in [3.8, 4) is 0 Å². The second-order valence-electron chi connectivity index (χ2n) is 5.23. The molecule has 0 aliphatic heterocycles. The number of thioether (sulfide) groups is 1. The number of nitro benzene ring substituents is 1. The SMILES string of the molecule is C=CCn1c(SCc2ccc([N+](=O)[O-])cc2)nnc1C1CC1. The molecule has 1 aliphatic rings. The number of hydrogen-bond donors (Lipinski definition) is 0. The Hall–Kier alpha value is -2.15. The van der Waals surface area contributed by atoms with E-state index >= 15 is 0 Å². The molecule has 7 heteroatoms. The first kappa shape index (κ1) is 14.8. The van der Waals surface area contributed by atoms with Crippen LogP contribution in [-0.2, 0) is 12.3 Å². The summed E-state index contributed by atoms with van der Waals surface area (Å²) >= 11 is 1.59. The van der Waals surface area contributed by atoms with Gasteiger partial charge < -0.3 is 4.57 Å². The first-order chi connectivity index (χ1) is 10.7. The Bertz CT molecular complexity index is 692. The Kier molecular flexibility index (Phi) is 4.24. The summed E-state index contributed by atoms with van der Waals surface area (Å²) in [6.45, 7) is 4.50. The third kappa shape index (κ3) is 3.19. The summed E-state index contributed by atoms with van der Waals surface area (Å²) in [5.74, 6) is 2.30. The fraction of sp³-hybridized carbons (Fsp3) is 0.333. The van der Waals surface area contributed by atoms with Crippen molar-refractivity contribution in [1.29, 1.82) is 0 Å². The highest BCUT2D eigenvalue weighted by Gasteiger charge is 2.30. The van der Waals surface area contributed by atoms with Crippen molar-refractivity contribution in [2.45, 2.75) is 36.2 Å². The predicted octanol–water partition coefficient (Wildman–Crippen LogP) is 3.54. The van der Waals surface area contributed by atoms with Crippen molar-refractivity contribution >= 4 is 17.4 Å². The van der Waals surface area contributed by atoms with Crippen molar-refractivity contribution in [1.82, 2.24) is 14.8 Å². The minimum absolute atomic E-state index is 0.111. The first-order valence-electron chi connectivity index (χ1n) is 7.09. The molecule has 2 aromatic rings. The number of allylic oxidation sites excluding steroid dienone is 1. The highest BCUT2D eigenvalue weighted by molar-refractivity contribution is 7.98. The molecule has 1 saturated carbocycles. The molecule has 0 atom stereocenters. The van der Waals surface area contributed by atoms with E-state index in [0.717, 1.165) is 16.5 Å². The van der Waals surface area contributed by atoms with E-state index in [-0.39, 0.29) is 10.6 Å². The summed E-state index contributed by atoms with van der Waals surface area (Å²) in [5.41, 5.74) is 1.14. The van der Waals surface area contributed by atoms with Gasteiger partial charge in [-0.25, -0.2) is 0 Å². The van der Waals surface area contributed by atoms with Crippen LogP contribution in [0, 0.1) is 10.1 Å². The van der Waals surface area contributed by atoms with Gasteiger partial charge in [0.1, 0.15) is 5.82 Å². The third-order valence-electron chi connectivity index (χ3n) is 3.51. The summed E-state index contributed by atoms with van der Waals surface area (Å²) in [7, 11) is 0. The van der Waals surface area contributed by atoms with Gasteiger partial charge in [0.05, 0.1) is 4.92 Å². The molecule has 0 amide bonds. The fourth-order valence-electron chi connectivity index (χ4n) is 2.21. The maximum absolute atomic E-state index is 10.6. The molecule has 0 radical (unpaired) electrons. The van der Waals surface area contributed by atoms with Crippen molar-refractivity contribution < 1.29 is 4.92 Å². The Labute approximate surface area is 132 Å². The average molecular weight is 316 g/mol. The van der Waals surface area contributed by atoms with Crippen LogP contribution in [0.1, 0.15) is 30.1 Å². The quantitative estimate of drug-likeness (QED) is 0.338. The lowest BCUT2D eigenvalue weighted by Gasteiger charge is -2.06. The zero-order chi connectivity index (χ0) is 15.5. The number of benzene rings is 1. The number of rotatable bonds is 7. The Balaban J connectivity index is 1.70. The van der Waals surface area contributed by atoms with Gasteiger partial charge in [-0.15, -0.1) is 16.8 Å². The molecule has 3 rings (SSSR count). The van der Waals surface area contributed by atoms with E-state index < -0.39 is 0 Å². The van der Waals surface area contributed by atoms with Crippen LogP contribution in [0.15, 0.2) is 42.1 Å². The van der Waals surface area contributed by atoms with Crippen molar-refractivity contribution in [2.75, 3.05) is 0 Å². The highest BCUT2D eigenvalue weighted by atomic mass is 32.2. The maximum Gasteiger partial charge on any atom is 0.269 e. The van der Waals surface area contributed by atoms with E-state index in [9.17, 15) is 10.1 Å². The lowest BCUT2D eigenvalue weighted by molar-refractivity contribution is -0.384. The summed E-state index contributed by atoms with van der Waals surface area (Å²) in [6, 6.07) is 6.61. The first-order valence-corrected chi connectivity index (χ1v) is 8.07. The van der Waals surface area contributed by atoms with E-state index in [1.807, 2.05) is 6.08 Å². The normalized spacial score (nSPS) is 14.0. The monoisotopic (exact) mass is 316 g/mol. The minimum atomic E-state index is -0.389. The summed E-state index contributed by atoms with van der Waals surface area (Å²) in [5, 5.41) is 20.1. The molecule has 0 unspecified atom stereocenters. The smallest absolute Gasteiger partial charge is 0.269 e. The molecule has 22 heavy (non-hydrogen) atoms. The molecule has 1 aromatic heterocycles. The molecule has 0 N–H and O–H groups in total. The van der Waals surface area contributed by atoms with E-state index in [4.69, 9.17) is 0 Å². The molecule has 1 fully saturated rings. The van der Waals surface area contributed by atoms with Crippen LogP contribution in [0.5, 0.6) is 0 Å². The molecule has 1 aliphatic carbocycles. The number of hydrogen-bond acceptors (Lipinski definition) is 5. The van der Waals surface area contributed by atoms with Crippen LogP contribution < -0.4 is 0 Å². The topological polar surface area (TPSA) is 73.8 Å². The van der Waals surface area contributed by atoms with Crippen LogP contribution in [0.3, 0.4) is 0 Å². The highest BCUT2D eigenvalue weighted by Crippen LogP contribution is 2.40. The molecule has 1 heterocycles. The van der Waals surface area contributed by atoms with Gasteiger partial charge >= 0.3 is 0 Å². The minimum Gasteiger partial charge on any atom is -0.302 e. The van der Waals surface area contributed by atoms with Gasteiger partial charge in [-0.3, -0.25) is 10.1 Å². The van der Waals surface area contributed by atoms with Gasteiger partial charge in [0.2, 0.25) is 0 Å². The van der Waals surface area contributed by atoms with Crippen molar-refractivity contribution in [3.05, 3.63) is 58.4 Å². The predicted molar refractivity (Wildman–Crippen MR) is 84.9 cm³/mol. The maximum atomic E-state index is 10.6. The summed E-state index contributed by atoms with van der Waals surface area (Å²) in [4.78, 5) is 10.3. The lowest BCUT2D eigenvalue weighted by Crippen LogP contribution is -2.02. The zero-order valence-corrected chi connectivity index (χ0v) is 12.8. The van der Waals surface area contributed by atoms with Crippen molar-refractivity contribution in [3.63, 3.8) is 0 Å². The Morgan fingerprint density at radius 2 is 2.09 bits per heavy atom. The molecule has 114 valence electrons. The van der Waals surface area contributed by atoms with Crippen LogP contribution in [0.4, 0.5) is 5.69 Å².